The molecule has 0 aliphatic heterocycles. The SMILES string of the molecule is COC(=O)[C@H](C[C@@H]1CCCC1=O)NC(=O)[C@@H](C)CC(C)C. The lowest BCUT2D eigenvalue weighted by Gasteiger charge is -2.22. The fourth-order valence-corrected chi connectivity index (χ4v) is 2.91. The molecule has 0 bridgehead atoms. The molecule has 0 aromatic heterocycles. The van der Waals surface area contributed by atoms with Gasteiger partial charge in [-0.25, -0.2) is 4.79 Å². The maximum absolute atomic E-state index is 12.2. The fraction of sp³-hybridized carbons (Fsp3) is 0.812. The summed E-state index contributed by atoms with van der Waals surface area (Å²) in [7, 11) is 1.30. The molecule has 0 aromatic rings. The van der Waals surface area contributed by atoms with Crippen molar-refractivity contribution in [3.8, 4) is 0 Å². The molecule has 21 heavy (non-hydrogen) atoms. The highest BCUT2D eigenvalue weighted by Crippen LogP contribution is 2.26. The van der Waals surface area contributed by atoms with Crippen LogP contribution in [0.2, 0.25) is 0 Å². The summed E-state index contributed by atoms with van der Waals surface area (Å²) in [5.74, 6) is -0.303. The first-order valence-corrected chi connectivity index (χ1v) is 7.76. The predicted octanol–water partition coefficient (Wildman–Crippen LogP) is 2.09. The molecule has 0 heterocycles. The summed E-state index contributed by atoms with van der Waals surface area (Å²) < 4.78 is 4.75. The molecular weight excluding hydrogens is 270 g/mol. The largest absolute Gasteiger partial charge is 0.467 e. The van der Waals surface area contributed by atoms with Crippen molar-refractivity contribution in [3.05, 3.63) is 0 Å². The third-order valence-electron chi connectivity index (χ3n) is 4.03. The van der Waals surface area contributed by atoms with E-state index in [4.69, 9.17) is 4.74 Å². The van der Waals surface area contributed by atoms with Gasteiger partial charge in [0.15, 0.2) is 0 Å². The third-order valence-corrected chi connectivity index (χ3v) is 4.03. The number of rotatable bonds is 7. The second-order valence-electron chi connectivity index (χ2n) is 6.41. The lowest BCUT2D eigenvalue weighted by atomic mass is 9.95. The molecule has 0 saturated heterocycles. The van der Waals surface area contributed by atoms with Crippen LogP contribution < -0.4 is 5.32 Å². The zero-order chi connectivity index (χ0) is 16.0. The summed E-state index contributed by atoms with van der Waals surface area (Å²) in [4.78, 5) is 35.7. The second kappa shape index (κ2) is 8.15. The monoisotopic (exact) mass is 297 g/mol. The lowest BCUT2D eigenvalue weighted by molar-refractivity contribution is -0.146. The van der Waals surface area contributed by atoms with Crippen molar-refractivity contribution in [1.82, 2.24) is 5.32 Å². The number of carbonyl (C=O) groups is 3. The van der Waals surface area contributed by atoms with Gasteiger partial charge in [0, 0.05) is 18.3 Å². The van der Waals surface area contributed by atoms with Gasteiger partial charge in [0.2, 0.25) is 5.91 Å². The minimum Gasteiger partial charge on any atom is -0.467 e. The Balaban J connectivity index is 2.63. The van der Waals surface area contributed by atoms with E-state index in [-0.39, 0.29) is 23.5 Å². The van der Waals surface area contributed by atoms with Crippen molar-refractivity contribution in [1.29, 1.82) is 0 Å². The van der Waals surface area contributed by atoms with Crippen LogP contribution in [-0.2, 0) is 19.1 Å². The number of hydrogen-bond donors (Lipinski definition) is 1. The Morgan fingerprint density at radius 3 is 2.48 bits per heavy atom. The van der Waals surface area contributed by atoms with Crippen molar-refractivity contribution in [3.63, 3.8) is 0 Å². The number of amides is 1. The lowest BCUT2D eigenvalue weighted by Crippen LogP contribution is -2.45. The molecule has 5 nitrogen and oxygen atoms in total. The van der Waals surface area contributed by atoms with E-state index in [0.717, 1.165) is 19.3 Å². The van der Waals surface area contributed by atoms with E-state index < -0.39 is 12.0 Å². The molecular formula is C16H27NO4. The van der Waals surface area contributed by atoms with E-state index >= 15 is 0 Å². The standard InChI is InChI=1S/C16H27NO4/c1-10(2)8-11(3)15(19)17-13(16(20)21-4)9-12-6-5-7-14(12)18/h10-13H,5-9H2,1-4H3,(H,17,19)/t11-,12-,13-/m0/s1. The Labute approximate surface area is 126 Å². The molecule has 5 heteroatoms. The van der Waals surface area contributed by atoms with Gasteiger partial charge in [-0.3, -0.25) is 9.59 Å². The number of methoxy groups -OCH3 is 1. The summed E-state index contributed by atoms with van der Waals surface area (Å²) >= 11 is 0. The summed E-state index contributed by atoms with van der Waals surface area (Å²) in [6.45, 7) is 5.96. The highest BCUT2D eigenvalue weighted by Gasteiger charge is 2.32. The normalized spacial score (nSPS) is 21.2. The van der Waals surface area contributed by atoms with Crippen molar-refractivity contribution in [2.24, 2.45) is 17.8 Å². The summed E-state index contributed by atoms with van der Waals surface area (Å²) in [6, 6.07) is -0.718. The molecule has 120 valence electrons. The van der Waals surface area contributed by atoms with Crippen LogP contribution >= 0.6 is 0 Å². The van der Waals surface area contributed by atoms with Crippen molar-refractivity contribution < 1.29 is 19.1 Å². The van der Waals surface area contributed by atoms with Crippen molar-refractivity contribution in [2.45, 2.75) is 58.9 Å². The molecule has 1 rings (SSSR count). The van der Waals surface area contributed by atoms with Crippen LogP contribution in [0.4, 0.5) is 0 Å². The Kier molecular flexibility index (Phi) is 6.85. The van der Waals surface area contributed by atoms with E-state index in [1.807, 2.05) is 6.92 Å². The first kappa shape index (κ1) is 17.7. The van der Waals surface area contributed by atoms with Gasteiger partial charge in [0.25, 0.3) is 0 Å². The fourth-order valence-electron chi connectivity index (χ4n) is 2.91. The molecule has 0 aromatic carbocycles. The van der Waals surface area contributed by atoms with Crippen molar-refractivity contribution >= 4 is 17.7 Å². The predicted molar refractivity (Wildman–Crippen MR) is 79.5 cm³/mol. The van der Waals surface area contributed by atoms with Gasteiger partial charge in [-0.05, 0) is 31.6 Å². The van der Waals surface area contributed by atoms with Gasteiger partial charge in [-0.2, -0.15) is 0 Å². The van der Waals surface area contributed by atoms with E-state index in [9.17, 15) is 14.4 Å². The van der Waals surface area contributed by atoms with E-state index in [1.54, 1.807) is 0 Å². The Bertz CT molecular complexity index is 392. The molecule has 0 spiro atoms. The molecule has 1 fully saturated rings. The maximum atomic E-state index is 12.2. The minimum absolute atomic E-state index is 0.130. The van der Waals surface area contributed by atoms with Crippen LogP contribution in [0.3, 0.4) is 0 Å². The number of Topliss-reactive ketones (excluding diaryl/α,β-unsaturated/α-hetero) is 1. The average Bonchev–Trinajstić information content (AvgIpc) is 2.81. The van der Waals surface area contributed by atoms with Crippen LogP contribution in [0.25, 0.3) is 0 Å². The van der Waals surface area contributed by atoms with Gasteiger partial charge in [-0.1, -0.05) is 20.8 Å². The van der Waals surface area contributed by atoms with Crippen LogP contribution in [-0.4, -0.2) is 30.8 Å². The van der Waals surface area contributed by atoms with Crippen LogP contribution in [0, 0.1) is 17.8 Å². The quantitative estimate of drug-likeness (QED) is 0.730. The average molecular weight is 297 g/mol. The van der Waals surface area contributed by atoms with E-state index in [1.165, 1.54) is 7.11 Å². The molecule has 1 N–H and O–H groups in total. The number of esters is 1. The number of carbonyl (C=O) groups excluding carboxylic acids is 3. The first-order valence-electron chi connectivity index (χ1n) is 7.76. The van der Waals surface area contributed by atoms with E-state index in [0.29, 0.717) is 18.8 Å². The van der Waals surface area contributed by atoms with Crippen LogP contribution in [0.5, 0.6) is 0 Å². The molecule has 1 aliphatic carbocycles. The minimum atomic E-state index is -0.718. The van der Waals surface area contributed by atoms with Gasteiger partial charge in [0.1, 0.15) is 11.8 Å². The zero-order valence-corrected chi connectivity index (χ0v) is 13.5. The highest BCUT2D eigenvalue weighted by atomic mass is 16.5. The molecule has 1 aliphatic rings. The Morgan fingerprint density at radius 1 is 1.33 bits per heavy atom. The molecule has 0 unspecified atom stereocenters. The summed E-state index contributed by atoms with van der Waals surface area (Å²) in [5, 5.41) is 2.75. The van der Waals surface area contributed by atoms with Gasteiger partial charge >= 0.3 is 5.97 Å². The number of ether oxygens (including phenoxy) is 1. The maximum Gasteiger partial charge on any atom is 0.328 e. The zero-order valence-electron chi connectivity index (χ0n) is 13.5. The Hall–Kier alpha value is -1.39. The molecule has 1 saturated carbocycles. The van der Waals surface area contributed by atoms with Crippen LogP contribution in [0.15, 0.2) is 0 Å². The van der Waals surface area contributed by atoms with E-state index in [2.05, 4.69) is 19.2 Å². The molecule has 1 amide bonds. The molecule has 0 radical (unpaired) electrons. The van der Waals surface area contributed by atoms with Gasteiger partial charge in [-0.15, -0.1) is 0 Å². The number of ketones is 1. The first-order chi connectivity index (χ1) is 9.85. The topological polar surface area (TPSA) is 72.5 Å². The Morgan fingerprint density at radius 2 is 2.00 bits per heavy atom. The van der Waals surface area contributed by atoms with Gasteiger partial charge in [0.05, 0.1) is 7.11 Å². The number of hydrogen-bond acceptors (Lipinski definition) is 4. The summed E-state index contributed by atoms with van der Waals surface area (Å²) in [6.07, 6.45) is 3.36. The van der Waals surface area contributed by atoms with Crippen molar-refractivity contribution in [2.75, 3.05) is 7.11 Å². The number of nitrogens with one attached hydrogen (secondary N) is 1. The third kappa shape index (κ3) is 5.48. The second-order valence-corrected chi connectivity index (χ2v) is 6.41. The van der Waals surface area contributed by atoms with Crippen LogP contribution in [0.1, 0.15) is 52.9 Å². The smallest absolute Gasteiger partial charge is 0.328 e. The van der Waals surface area contributed by atoms with Gasteiger partial charge < -0.3 is 10.1 Å². The highest BCUT2D eigenvalue weighted by molar-refractivity contribution is 5.87. The molecule has 3 atom stereocenters. The summed E-state index contributed by atoms with van der Waals surface area (Å²) in [5.41, 5.74) is 0.